The van der Waals surface area contributed by atoms with Crippen molar-refractivity contribution >= 4 is 22.6 Å². The second-order valence-corrected chi connectivity index (χ2v) is 6.82. The molecule has 4 aromatic rings. The number of methoxy groups -OCH3 is 1. The SMILES string of the molecule is CCc1ccc(-c2nc3scc(-c4ccc(OC)cc4)n3c2C=O)cc1. The highest BCUT2D eigenvalue weighted by molar-refractivity contribution is 7.15. The summed E-state index contributed by atoms with van der Waals surface area (Å²) in [5, 5.41) is 2.03. The van der Waals surface area contributed by atoms with Crippen molar-refractivity contribution in [3.8, 4) is 28.3 Å². The van der Waals surface area contributed by atoms with Crippen LogP contribution >= 0.6 is 11.3 Å². The number of carbonyl (C=O) groups is 1. The highest BCUT2D eigenvalue weighted by atomic mass is 32.1. The van der Waals surface area contributed by atoms with Crippen LogP contribution in [0.1, 0.15) is 23.0 Å². The van der Waals surface area contributed by atoms with Gasteiger partial charge in [0.2, 0.25) is 0 Å². The Balaban J connectivity index is 1.86. The molecule has 5 heteroatoms. The molecule has 0 radical (unpaired) electrons. The summed E-state index contributed by atoms with van der Waals surface area (Å²) in [6.45, 7) is 2.12. The van der Waals surface area contributed by atoms with E-state index in [9.17, 15) is 4.79 Å². The second-order valence-electron chi connectivity index (χ2n) is 5.98. The summed E-state index contributed by atoms with van der Waals surface area (Å²) in [6.07, 6.45) is 1.88. The average Bonchev–Trinajstić information content (AvgIpc) is 3.27. The van der Waals surface area contributed by atoms with Crippen molar-refractivity contribution in [1.82, 2.24) is 9.38 Å². The Hall–Kier alpha value is -2.92. The Morgan fingerprint density at radius 3 is 2.38 bits per heavy atom. The second kappa shape index (κ2) is 6.77. The third-order valence-electron chi connectivity index (χ3n) is 4.53. The van der Waals surface area contributed by atoms with Crippen LogP contribution in [-0.2, 0) is 6.42 Å². The Bertz CT molecular complexity index is 1060. The smallest absolute Gasteiger partial charge is 0.195 e. The summed E-state index contributed by atoms with van der Waals surface area (Å²) in [4.78, 5) is 17.4. The van der Waals surface area contributed by atoms with Crippen LogP contribution < -0.4 is 4.74 Å². The summed E-state index contributed by atoms with van der Waals surface area (Å²) in [7, 11) is 1.65. The first kappa shape index (κ1) is 16.5. The zero-order valence-electron chi connectivity index (χ0n) is 14.6. The summed E-state index contributed by atoms with van der Waals surface area (Å²) in [5.41, 5.74) is 5.51. The van der Waals surface area contributed by atoms with Gasteiger partial charge >= 0.3 is 0 Å². The molecule has 4 rings (SSSR count). The fourth-order valence-electron chi connectivity index (χ4n) is 3.06. The highest BCUT2D eigenvalue weighted by Gasteiger charge is 2.18. The van der Waals surface area contributed by atoms with E-state index < -0.39 is 0 Å². The molecule has 0 bridgehead atoms. The van der Waals surface area contributed by atoms with Crippen molar-refractivity contribution in [2.75, 3.05) is 7.11 Å². The van der Waals surface area contributed by atoms with Gasteiger partial charge in [0.05, 0.1) is 12.8 Å². The van der Waals surface area contributed by atoms with Crippen molar-refractivity contribution in [1.29, 1.82) is 0 Å². The molecule has 0 fully saturated rings. The van der Waals surface area contributed by atoms with Crippen molar-refractivity contribution in [3.63, 3.8) is 0 Å². The molecule has 0 spiro atoms. The number of hydrogen-bond acceptors (Lipinski definition) is 4. The maximum absolute atomic E-state index is 11.9. The Kier molecular flexibility index (Phi) is 4.31. The van der Waals surface area contributed by atoms with Crippen LogP contribution in [0.4, 0.5) is 0 Å². The van der Waals surface area contributed by atoms with E-state index in [0.717, 1.165) is 45.9 Å². The van der Waals surface area contributed by atoms with Gasteiger partial charge in [0.1, 0.15) is 17.1 Å². The molecule has 130 valence electrons. The molecule has 0 aliphatic rings. The fourth-order valence-corrected chi connectivity index (χ4v) is 3.97. The molecular weight excluding hydrogens is 344 g/mol. The van der Waals surface area contributed by atoms with E-state index in [1.807, 2.05) is 46.2 Å². The number of imidazole rings is 1. The summed E-state index contributed by atoms with van der Waals surface area (Å²) in [6, 6.07) is 16.1. The molecule has 4 nitrogen and oxygen atoms in total. The number of ether oxygens (including phenoxy) is 1. The van der Waals surface area contributed by atoms with E-state index in [0.29, 0.717) is 5.69 Å². The van der Waals surface area contributed by atoms with E-state index >= 15 is 0 Å². The lowest BCUT2D eigenvalue weighted by Gasteiger charge is -2.05. The van der Waals surface area contributed by atoms with Crippen molar-refractivity contribution in [2.24, 2.45) is 0 Å². The quantitative estimate of drug-likeness (QED) is 0.463. The van der Waals surface area contributed by atoms with Crippen LogP contribution in [0, 0.1) is 0 Å². The largest absolute Gasteiger partial charge is 0.497 e. The van der Waals surface area contributed by atoms with Gasteiger partial charge in [-0.1, -0.05) is 31.2 Å². The normalized spacial score (nSPS) is 11.0. The van der Waals surface area contributed by atoms with E-state index in [2.05, 4.69) is 19.1 Å². The monoisotopic (exact) mass is 362 g/mol. The zero-order chi connectivity index (χ0) is 18.1. The number of benzene rings is 2. The third kappa shape index (κ3) is 2.70. The van der Waals surface area contributed by atoms with Gasteiger partial charge < -0.3 is 4.74 Å². The molecule has 26 heavy (non-hydrogen) atoms. The number of aromatic nitrogens is 2. The van der Waals surface area contributed by atoms with E-state index in [1.165, 1.54) is 16.9 Å². The minimum absolute atomic E-state index is 0.580. The molecule has 0 N–H and O–H groups in total. The van der Waals surface area contributed by atoms with Gasteiger partial charge in [-0.3, -0.25) is 9.20 Å². The van der Waals surface area contributed by atoms with Crippen LogP contribution in [0.15, 0.2) is 53.9 Å². The van der Waals surface area contributed by atoms with Crippen molar-refractivity contribution in [3.05, 3.63) is 65.2 Å². The maximum atomic E-state index is 11.9. The average molecular weight is 362 g/mol. The predicted octanol–water partition coefficient (Wildman–Crippen LogP) is 5.11. The van der Waals surface area contributed by atoms with Crippen LogP contribution in [0.25, 0.3) is 27.5 Å². The molecule has 2 aromatic carbocycles. The molecule has 0 saturated carbocycles. The topological polar surface area (TPSA) is 43.6 Å². The van der Waals surface area contributed by atoms with Gasteiger partial charge in [-0.05, 0) is 41.8 Å². The first-order valence-electron chi connectivity index (χ1n) is 8.44. The Morgan fingerprint density at radius 2 is 1.77 bits per heavy atom. The molecule has 0 atom stereocenters. The van der Waals surface area contributed by atoms with E-state index in [1.54, 1.807) is 7.11 Å². The lowest BCUT2D eigenvalue weighted by Crippen LogP contribution is -1.94. The minimum atomic E-state index is 0.580. The highest BCUT2D eigenvalue weighted by Crippen LogP contribution is 2.33. The molecule has 2 aromatic heterocycles. The predicted molar refractivity (Wildman–Crippen MR) is 105 cm³/mol. The Morgan fingerprint density at radius 1 is 1.08 bits per heavy atom. The molecule has 2 heterocycles. The lowest BCUT2D eigenvalue weighted by molar-refractivity contribution is 0.111. The number of rotatable bonds is 5. The first-order chi connectivity index (χ1) is 12.7. The van der Waals surface area contributed by atoms with Gasteiger partial charge in [0.25, 0.3) is 0 Å². The van der Waals surface area contributed by atoms with Gasteiger partial charge in [0, 0.05) is 10.9 Å². The molecule has 0 unspecified atom stereocenters. The van der Waals surface area contributed by atoms with Gasteiger partial charge in [-0.2, -0.15) is 0 Å². The summed E-state index contributed by atoms with van der Waals surface area (Å²) in [5.74, 6) is 0.804. The van der Waals surface area contributed by atoms with Crippen LogP contribution in [0.3, 0.4) is 0 Å². The molecular formula is C21H18N2O2S. The minimum Gasteiger partial charge on any atom is -0.497 e. The van der Waals surface area contributed by atoms with Crippen molar-refractivity contribution < 1.29 is 9.53 Å². The van der Waals surface area contributed by atoms with Crippen molar-refractivity contribution in [2.45, 2.75) is 13.3 Å². The van der Waals surface area contributed by atoms with Gasteiger partial charge in [-0.15, -0.1) is 11.3 Å². The first-order valence-corrected chi connectivity index (χ1v) is 9.32. The summed E-state index contributed by atoms with van der Waals surface area (Å²) >= 11 is 1.53. The molecule has 0 aliphatic carbocycles. The third-order valence-corrected chi connectivity index (χ3v) is 5.36. The standard InChI is InChI=1S/C21H18N2O2S/c1-3-14-4-6-16(7-5-14)20-18(12-24)23-19(13-26-21(23)22-20)15-8-10-17(25-2)11-9-15/h4-13H,3H2,1-2H3. The molecule has 0 aliphatic heterocycles. The van der Waals surface area contributed by atoms with Crippen LogP contribution in [0.5, 0.6) is 5.75 Å². The fraction of sp³-hybridized carbons (Fsp3) is 0.143. The van der Waals surface area contributed by atoms with E-state index in [-0.39, 0.29) is 0 Å². The van der Waals surface area contributed by atoms with Gasteiger partial charge in [0.15, 0.2) is 11.2 Å². The number of hydrogen-bond donors (Lipinski definition) is 0. The number of carbonyl (C=O) groups excluding carboxylic acids is 1. The maximum Gasteiger partial charge on any atom is 0.195 e. The number of thiazole rings is 1. The number of aldehydes is 1. The van der Waals surface area contributed by atoms with Crippen LogP contribution in [-0.4, -0.2) is 22.8 Å². The molecule has 0 saturated heterocycles. The van der Waals surface area contributed by atoms with Gasteiger partial charge in [-0.25, -0.2) is 4.98 Å². The Labute approximate surface area is 155 Å². The summed E-state index contributed by atoms with van der Waals surface area (Å²) < 4.78 is 7.16. The number of aryl methyl sites for hydroxylation is 1. The molecule has 0 amide bonds. The number of nitrogens with zero attached hydrogens (tertiary/aromatic N) is 2. The lowest BCUT2D eigenvalue weighted by atomic mass is 10.1. The zero-order valence-corrected chi connectivity index (χ0v) is 15.4. The van der Waals surface area contributed by atoms with E-state index in [4.69, 9.17) is 9.72 Å². The van der Waals surface area contributed by atoms with Crippen LogP contribution in [0.2, 0.25) is 0 Å². The number of fused-ring (bicyclic) bond motifs is 1.